The summed E-state index contributed by atoms with van der Waals surface area (Å²) >= 11 is 0. The highest BCUT2D eigenvalue weighted by Crippen LogP contribution is 2.30. The first-order valence-corrected chi connectivity index (χ1v) is 7.68. The molecular weight excluding hydrogens is 290 g/mol. The van der Waals surface area contributed by atoms with E-state index in [1.165, 1.54) is 5.69 Å². The van der Waals surface area contributed by atoms with Crippen LogP contribution in [-0.2, 0) is 0 Å². The number of benzene rings is 1. The van der Waals surface area contributed by atoms with Crippen LogP contribution in [0.5, 0.6) is 0 Å². The lowest BCUT2D eigenvalue weighted by atomic mass is 10.2. The van der Waals surface area contributed by atoms with Gasteiger partial charge in [0.2, 0.25) is 6.33 Å². The fraction of sp³-hybridized carbons (Fsp3) is 0.312. The Labute approximate surface area is 134 Å². The van der Waals surface area contributed by atoms with Gasteiger partial charge in [0.25, 0.3) is 0 Å². The molecule has 0 spiro atoms. The molecule has 0 amide bonds. The molecule has 1 aliphatic rings. The Kier molecular flexibility index (Phi) is 3.55. The third-order valence-corrected chi connectivity index (χ3v) is 4.19. The van der Waals surface area contributed by atoms with Gasteiger partial charge in [-0.1, -0.05) is 12.1 Å². The van der Waals surface area contributed by atoms with Crippen molar-refractivity contribution in [1.82, 2.24) is 25.1 Å². The Hall–Kier alpha value is -2.67. The van der Waals surface area contributed by atoms with Gasteiger partial charge < -0.3 is 15.1 Å². The van der Waals surface area contributed by atoms with Crippen molar-refractivity contribution in [3.63, 3.8) is 0 Å². The molecule has 4 rings (SSSR count). The summed E-state index contributed by atoms with van der Waals surface area (Å²) in [7, 11) is 2.16. The van der Waals surface area contributed by atoms with Crippen molar-refractivity contribution in [2.45, 2.75) is 0 Å². The molecular formula is C16H18N7. The maximum Gasteiger partial charge on any atom is 0.200 e. The van der Waals surface area contributed by atoms with Gasteiger partial charge in [-0.3, -0.25) is 5.10 Å². The minimum absolute atomic E-state index is 0.689. The maximum atomic E-state index is 4.23. The quantitative estimate of drug-likeness (QED) is 0.766. The smallest absolute Gasteiger partial charge is 0.200 e. The van der Waals surface area contributed by atoms with Crippen molar-refractivity contribution in [3.05, 3.63) is 36.8 Å². The molecule has 3 aromatic rings. The van der Waals surface area contributed by atoms with Gasteiger partial charge in [-0.15, -0.1) is 0 Å². The van der Waals surface area contributed by atoms with Crippen LogP contribution in [0.15, 0.2) is 30.5 Å². The van der Waals surface area contributed by atoms with E-state index in [4.69, 9.17) is 0 Å². The summed E-state index contributed by atoms with van der Waals surface area (Å²) in [6, 6.07) is 8.30. The molecule has 2 aromatic heterocycles. The van der Waals surface area contributed by atoms with E-state index < -0.39 is 0 Å². The van der Waals surface area contributed by atoms with Gasteiger partial charge in [0.05, 0.1) is 17.6 Å². The molecule has 0 unspecified atom stereocenters. The van der Waals surface area contributed by atoms with Gasteiger partial charge in [0.15, 0.2) is 5.82 Å². The standard InChI is InChI=1S/C16H18N7/c1-22-6-8-23(9-7-22)14-5-3-2-4-12(14)20-16-15-13(10-19-21-15)17-11-18-16/h2-5,10H,6-9H2,1H3,(H,19,21)(H,17,18,20). The van der Waals surface area contributed by atoms with E-state index in [0.717, 1.165) is 42.9 Å². The minimum atomic E-state index is 0.689. The van der Waals surface area contributed by atoms with Crippen LogP contribution in [-0.4, -0.2) is 58.3 Å². The fourth-order valence-electron chi connectivity index (χ4n) is 2.84. The van der Waals surface area contributed by atoms with Gasteiger partial charge in [-0.2, -0.15) is 5.10 Å². The number of fused-ring (bicyclic) bond motifs is 1. The number of nitrogens with zero attached hydrogens (tertiary/aromatic N) is 5. The van der Waals surface area contributed by atoms with Crippen LogP contribution in [0, 0.1) is 6.33 Å². The van der Waals surface area contributed by atoms with E-state index in [0.29, 0.717) is 5.82 Å². The topological polar surface area (TPSA) is 73.0 Å². The summed E-state index contributed by atoms with van der Waals surface area (Å²) in [6.45, 7) is 4.18. The Bertz CT molecular complexity index is 805. The van der Waals surface area contributed by atoms with E-state index in [2.05, 4.69) is 66.9 Å². The van der Waals surface area contributed by atoms with E-state index in [1.807, 2.05) is 6.07 Å². The number of hydrogen-bond acceptors (Lipinski definition) is 6. The van der Waals surface area contributed by atoms with Crippen molar-refractivity contribution >= 4 is 28.2 Å². The molecule has 117 valence electrons. The van der Waals surface area contributed by atoms with Crippen LogP contribution in [0.4, 0.5) is 17.2 Å². The largest absolute Gasteiger partial charge is 0.367 e. The number of H-pyrrole nitrogens is 1. The number of nitrogens with one attached hydrogen (secondary N) is 2. The second-order valence-corrected chi connectivity index (χ2v) is 5.73. The van der Waals surface area contributed by atoms with Crippen molar-refractivity contribution in [3.8, 4) is 0 Å². The summed E-state index contributed by atoms with van der Waals surface area (Å²) in [4.78, 5) is 13.1. The highest BCUT2D eigenvalue weighted by atomic mass is 15.3. The van der Waals surface area contributed by atoms with Gasteiger partial charge in [0.1, 0.15) is 11.0 Å². The van der Waals surface area contributed by atoms with Gasteiger partial charge in [0, 0.05) is 26.2 Å². The van der Waals surface area contributed by atoms with Crippen LogP contribution in [0.1, 0.15) is 0 Å². The number of likely N-dealkylation sites (N-methyl/N-ethyl adjacent to an activating group) is 1. The fourth-order valence-corrected chi connectivity index (χ4v) is 2.84. The molecule has 1 radical (unpaired) electrons. The van der Waals surface area contributed by atoms with Crippen LogP contribution < -0.4 is 10.2 Å². The van der Waals surface area contributed by atoms with E-state index >= 15 is 0 Å². The molecule has 2 N–H and O–H groups in total. The molecule has 7 nitrogen and oxygen atoms in total. The lowest BCUT2D eigenvalue weighted by Gasteiger charge is -2.35. The van der Waals surface area contributed by atoms with Gasteiger partial charge in [-0.05, 0) is 19.2 Å². The number of rotatable bonds is 3. The van der Waals surface area contributed by atoms with Crippen molar-refractivity contribution in [2.75, 3.05) is 43.4 Å². The Morgan fingerprint density at radius 3 is 2.83 bits per heavy atom. The Morgan fingerprint density at radius 1 is 1.13 bits per heavy atom. The van der Waals surface area contributed by atoms with Crippen LogP contribution >= 0.6 is 0 Å². The molecule has 3 heterocycles. The first-order chi connectivity index (χ1) is 11.3. The molecule has 0 atom stereocenters. The van der Waals surface area contributed by atoms with Crippen molar-refractivity contribution in [1.29, 1.82) is 0 Å². The second kappa shape index (κ2) is 5.85. The van der Waals surface area contributed by atoms with Gasteiger partial charge >= 0.3 is 0 Å². The SMILES string of the molecule is CN1CCN(c2ccccc2Nc2n[c]nc3cn[nH]c23)CC1. The summed E-state index contributed by atoms with van der Waals surface area (Å²) in [5, 5.41) is 10.4. The number of aromatic nitrogens is 4. The van der Waals surface area contributed by atoms with E-state index in [-0.39, 0.29) is 0 Å². The zero-order valence-electron chi connectivity index (χ0n) is 13.0. The zero-order chi connectivity index (χ0) is 15.6. The average molecular weight is 308 g/mol. The summed E-state index contributed by atoms with van der Waals surface area (Å²) < 4.78 is 0. The lowest BCUT2D eigenvalue weighted by Crippen LogP contribution is -2.44. The van der Waals surface area contributed by atoms with Crippen molar-refractivity contribution < 1.29 is 0 Å². The predicted molar refractivity (Wildman–Crippen MR) is 90.0 cm³/mol. The van der Waals surface area contributed by atoms with Crippen LogP contribution in [0.3, 0.4) is 0 Å². The summed E-state index contributed by atoms with van der Waals surface area (Å²) in [5.41, 5.74) is 3.75. The lowest BCUT2D eigenvalue weighted by molar-refractivity contribution is 0.313. The number of para-hydroxylation sites is 2. The van der Waals surface area contributed by atoms with Crippen LogP contribution in [0.2, 0.25) is 0 Å². The molecule has 1 aliphatic heterocycles. The molecule has 1 saturated heterocycles. The third kappa shape index (κ3) is 2.70. The minimum Gasteiger partial charge on any atom is -0.367 e. The highest BCUT2D eigenvalue weighted by molar-refractivity contribution is 5.88. The maximum absolute atomic E-state index is 4.23. The molecule has 1 fully saturated rings. The Morgan fingerprint density at radius 2 is 1.96 bits per heavy atom. The van der Waals surface area contributed by atoms with E-state index in [1.54, 1.807) is 6.20 Å². The van der Waals surface area contributed by atoms with Crippen molar-refractivity contribution in [2.24, 2.45) is 0 Å². The third-order valence-electron chi connectivity index (χ3n) is 4.19. The normalized spacial score (nSPS) is 16.0. The monoisotopic (exact) mass is 308 g/mol. The number of anilines is 3. The summed E-state index contributed by atoms with van der Waals surface area (Å²) in [5.74, 6) is 0.689. The van der Waals surface area contributed by atoms with Gasteiger partial charge in [-0.25, -0.2) is 9.97 Å². The zero-order valence-corrected chi connectivity index (χ0v) is 13.0. The first-order valence-electron chi connectivity index (χ1n) is 7.68. The first kappa shape index (κ1) is 14.0. The van der Waals surface area contributed by atoms with E-state index in [9.17, 15) is 0 Å². The summed E-state index contributed by atoms with van der Waals surface area (Å²) in [6.07, 6.45) is 4.34. The molecule has 1 aromatic carbocycles. The predicted octanol–water partition coefficient (Wildman–Crippen LogP) is 1.65. The highest BCUT2D eigenvalue weighted by Gasteiger charge is 2.17. The number of aromatic amines is 1. The molecule has 0 saturated carbocycles. The molecule has 23 heavy (non-hydrogen) atoms. The Balaban J connectivity index is 1.66. The number of piperazine rings is 1. The average Bonchev–Trinajstić information content (AvgIpc) is 3.06. The molecule has 7 heteroatoms. The molecule has 0 bridgehead atoms. The van der Waals surface area contributed by atoms with Crippen LogP contribution in [0.25, 0.3) is 11.0 Å². The second-order valence-electron chi connectivity index (χ2n) is 5.73. The number of hydrogen-bond donors (Lipinski definition) is 2. The molecule has 0 aliphatic carbocycles.